The minimum atomic E-state index is 0.109. The zero-order chi connectivity index (χ0) is 13.2. The molecule has 0 saturated heterocycles. The summed E-state index contributed by atoms with van der Waals surface area (Å²) in [4.78, 5) is 0. The molecule has 0 amide bonds. The average molecular weight is 251 g/mol. The van der Waals surface area contributed by atoms with Crippen LogP contribution >= 0.6 is 0 Å². The van der Waals surface area contributed by atoms with Gasteiger partial charge in [0, 0.05) is 19.7 Å². The van der Waals surface area contributed by atoms with Crippen molar-refractivity contribution < 1.29 is 9.84 Å². The van der Waals surface area contributed by atoms with Gasteiger partial charge in [-0.05, 0) is 23.5 Å². The predicted octanol–water partition coefficient (Wildman–Crippen LogP) is 2.33. The van der Waals surface area contributed by atoms with E-state index in [1.165, 1.54) is 5.56 Å². The third kappa shape index (κ3) is 6.74. The molecule has 1 rings (SSSR count). The van der Waals surface area contributed by atoms with Crippen LogP contribution in [0.3, 0.4) is 0 Å². The van der Waals surface area contributed by atoms with Gasteiger partial charge in [-0.25, -0.2) is 0 Å². The molecule has 0 saturated carbocycles. The molecular weight excluding hydrogens is 226 g/mol. The second-order valence-electron chi connectivity index (χ2n) is 4.95. The minimum Gasteiger partial charge on any atom is -0.392 e. The van der Waals surface area contributed by atoms with E-state index in [0.29, 0.717) is 5.92 Å². The van der Waals surface area contributed by atoms with Crippen LogP contribution in [0.5, 0.6) is 0 Å². The Hall–Kier alpha value is -0.900. The van der Waals surface area contributed by atoms with E-state index < -0.39 is 0 Å². The Bertz CT molecular complexity index is 309. The second kappa shape index (κ2) is 9.09. The zero-order valence-corrected chi connectivity index (χ0v) is 11.5. The van der Waals surface area contributed by atoms with Crippen LogP contribution in [0.2, 0.25) is 0 Å². The molecule has 0 radical (unpaired) electrons. The number of rotatable bonds is 9. The highest BCUT2D eigenvalue weighted by molar-refractivity contribution is 5.21. The van der Waals surface area contributed by atoms with E-state index in [1.54, 1.807) is 0 Å². The van der Waals surface area contributed by atoms with Crippen LogP contribution in [0.25, 0.3) is 0 Å². The summed E-state index contributed by atoms with van der Waals surface area (Å²) in [6.45, 7) is 7.86. The highest BCUT2D eigenvalue weighted by Crippen LogP contribution is 2.03. The van der Waals surface area contributed by atoms with Gasteiger partial charge in [0.1, 0.15) is 0 Å². The molecule has 0 atom stereocenters. The molecule has 102 valence electrons. The maximum Gasteiger partial charge on any atom is 0.0681 e. The molecule has 1 aromatic carbocycles. The van der Waals surface area contributed by atoms with E-state index in [1.807, 2.05) is 24.3 Å². The Morgan fingerprint density at radius 3 is 2.39 bits per heavy atom. The molecule has 0 bridgehead atoms. The molecule has 0 aromatic heterocycles. The molecule has 0 aliphatic rings. The van der Waals surface area contributed by atoms with Crippen molar-refractivity contribution in [3.63, 3.8) is 0 Å². The van der Waals surface area contributed by atoms with Crippen LogP contribution in [0.1, 0.15) is 31.4 Å². The highest BCUT2D eigenvalue weighted by atomic mass is 16.5. The first-order valence-corrected chi connectivity index (χ1v) is 6.69. The Labute approximate surface area is 110 Å². The standard InChI is InChI=1S/C15H25NO2/c1-13(2)7-9-18-10-8-16-11-14-3-5-15(12-17)6-4-14/h3-6,13,16-17H,7-12H2,1-2H3. The van der Waals surface area contributed by atoms with E-state index in [0.717, 1.165) is 38.3 Å². The molecule has 3 heteroatoms. The van der Waals surface area contributed by atoms with Gasteiger partial charge >= 0.3 is 0 Å². The van der Waals surface area contributed by atoms with Crippen LogP contribution in [0.4, 0.5) is 0 Å². The summed E-state index contributed by atoms with van der Waals surface area (Å²) in [7, 11) is 0. The predicted molar refractivity (Wildman–Crippen MR) is 74.3 cm³/mol. The van der Waals surface area contributed by atoms with Crippen molar-refractivity contribution in [3.8, 4) is 0 Å². The van der Waals surface area contributed by atoms with Crippen molar-refractivity contribution in [3.05, 3.63) is 35.4 Å². The monoisotopic (exact) mass is 251 g/mol. The van der Waals surface area contributed by atoms with E-state index in [-0.39, 0.29) is 6.61 Å². The SMILES string of the molecule is CC(C)CCOCCNCc1ccc(CO)cc1. The van der Waals surface area contributed by atoms with Crippen LogP contribution in [0, 0.1) is 5.92 Å². The quantitative estimate of drug-likeness (QED) is 0.662. The van der Waals surface area contributed by atoms with Crippen molar-refractivity contribution in [2.24, 2.45) is 5.92 Å². The molecule has 0 spiro atoms. The molecule has 0 fully saturated rings. The van der Waals surface area contributed by atoms with Crippen LogP contribution in [-0.4, -0.2) is 24.9 Å². The van der Waals surface area contributed by atoms with Crippen molar-refractivity contribution in [1.29, 1.82) is 0 Å². The van der Waals surface area contributed by atoms with Gasteiger partial charge in [-0.15, -0.1) is 0 Å². The van der Waals surface area contributed by atoms with Gasteiger partial charge in [0.2, 0.25) is 0 Å². The lowest BCUT2D eigenvalue weighted by atomic mass is 10.1. The van der Waals surface area contributed by atoms with Crippen LogP contribution in [-0.2, 0) is 17.9 Å². The third-order valence-corrected chi connectivity index (χ3v) is 2.80. The summed E-state index contributed by atoms with van der Waals surface area (Å²) in [6.07, 6.45) is 1.13. The topological polar surface area (TPSA) is 41.5 Å². The van der Waals surface area contributed by atoms with E-state index in [2.05, 4.69) is 19.2 Å². The maximum absolute atomic E-state index is 8.93. The summed E-state index contributed by atoms with van der Waals surface area (Å²) in [5.41, 5.74) is 2.19. The largest absolute Gasteiger partial charge is 0.392 e. The van der Waals surface area contributed by atoms with Gasteiger partial charge in [-0.1, -0.05) is 38.1 Å². The van der Waals surface area contributed by atoms with Gasteiger partial charge in [-0.3, -0.25) is 0 Å². The summed E-state index contributed by atoms with van der Waals surface area (Å²) in [6, 6.07) is 7.99. The molecular formula is C15H25NO2. The maximum atomic E-state index is 8.93. The number of aliphatic hydroxyl groups is 1. The first kappa shape index (κ1) is 15.2. The van der Waals surface area contributed by atoms with Crippen molar-refractivity contribution in [2.45, 2.75) is 33.4 Å². The normalized spacial score (nSPS) is 11.1. The van der Waals surface area contributed by atoms with Gasteiger partial charge < -0.3 is 15.2 Å². The molecule has 0 heterocycles. The summed E-state index contributed by atoms with van der Waals surface area (Å²) in [5.74, 6) is 0.711. The van der Waals surface area contributed by atoms with Crippen molar-refractivity contribution >= 4 is 0 Å². The van der Waals surface area contributed by atoms with Gasteiger partial charge in [-0.2, -0.15) is 0 Å². The Kier molecular flexibility index (Phi) is 7.65. The lowest BCUT2D eigenvalue weighted by Crippen LogP contribution is -2.19. The van der Waals surface area contributed by atoms with Crippen LogP contribution < -0.4 is 5.32 Å². The van der Waals surface area contributed by atoms with Gasteiger partial charge in [0.15, 0.2) is 0 Å². The summed E-state index contributed by atoms with van der Waals surface area (Å²) < 4.78 is 5.52. The lowest BCUT2D eigenvalue weighted by molar-refractivity contribution is 0.125. The number of benzene rings is 1. The third-order valence-electron chi connectivity index (χ3n) is 2.80. The molecule has 3 nitrogen and oxygen atoms in total. The average Bonchev–Trinajstić information content (AvgIpc) is 2.38. The van der Waals surface area contributed by atoms with E-state index in [9.17, 15) is 0 Å². The fourth-order valence-electron chi connectivity index (χ4n) is 1.56. The molecule has 1 aromatic rings. The fraction of sp³-hybridized carbons (Fsp3) is 0.600. The fourth-order valence-corrected chi connectivity index (χ4v) is 1.56. The van der Waals surface area contributed by atoms with Crippen molar-refractivity contribution in [1.82, 2.24) is 5.32 Å². The Balaban J connectivity index is 2.03. The first-order valence-electron chi connectivity index (χ1n) is 6.69. The van der Waals surface area contributed by atoms with Gasteiger partial charge in [0.05, 0.1) is 13.2 Å². The van der Waals surface area contributed by atoms with E-state index in [4.69, 9.17) is 9.84 Å². The van der Waals surface area contributed by atoms with Crippen molar-refractivity contribution in [2.75, 3.05) is 19.8 Å². The number of hydrogen-bond acceptors (Lipinski definition) is 3. The Morgan fingerprint density at radius 2 is 1.78 bits per heavy atom. The molecule has 0 aliphatic heterocycles. The molecule has 0 aliphatic carbocycles. The summed E-state index contributed by atoms with van der Waals surface area (Å²) in [5, 5.41) is 12.3. The molecule has 18 heavy (non-hydrogen) atoms. The van der Waals surface area contributed by atoms with E-state index >= 15 is 0 Å². The number of hydrogen-bond donors (Lipinski definition) is 2. The molecule has 0 unspecified atom stereocenters. The van der Waals surface area contributed by atoms with Crippen LogP contribution in [0.15, 0.2) is 24.3 Å². The Morgan fingerprint density at radius 1 is 1.11 bits per heavy atom. The smallest absolute Gasteiger partial charge is 0.0681 e. The number of ether oxygens (including phenoxy) is 1. The minimum absolute atomic E-state index is 0.109. The highest BCUT2D eigenvalue weighted by Gasteiger charge is 1.95. The first-order chi connectivity index (χ1) is 8.72. The number of nitrogens with one attached hydrogen (secondary N) is 1. The summed E-state index contributed by atoms with van der Waals surface area (Å²) >= 11 is 0. The molecule has 2 N–H and O–H groups in total. The lowest BCUT2D eigenvalue weighted by Gasteiger charge is -2.08. The van der Waals surface area contributed by atoms with Gasteiger partial charge in [0.25, 0.3) is 0 Å². The zero-order valence-electron chi connectivity index (χ0n) is 11.5. The number of aliphatic hydroxyl groups excluding tert-OH is 1. The second-order valence-corrected chi connectivity index (χ2v) is 4.95.